The first-order valence-corrected chi connectivity index (χ1v) is 4.44. The fourth-order valence-electron chi connectivity index (χ4n) is 2.11. The van der Waals surface area contributed by atoms with E-state index in [4.69, 9.17) is 0 Å². The highest BCUT2D eigenvalue weighted by Crippen LogP contribution is 2.55. The molecular weight excluding hydrogens is 158 g/mol. The van der Waals surface area contributed by atoms with Crippen LogP contribution in [0.15, 0.2) is 11.9 Å². The van der Waals surface area contributed by atoms with E-state index in [0.717, 1.165) is 12.5 Å². The Morgan fingerprint density at radius 2 is 2.17 bits per heavy atom. The van der Waals surface area contributed by atoms with Crippen molar-refractivity contribution in [2.45, 2.75) is 27.2 Å². The van der Waals surface area contributed by atoms with Crippen LogP contribution in [0.5, 0.6) is 0 Å². The van der Waals surface area contributed by atoms with Crippen molar-refractivity contribution in [1.29, 1.82) is 0 Å². The third-order valence-electron chi connectivity index (χ3n) is 3.41. The Bertz CT molecular complexity index is 198. The van der Waals surface area contributed by atoms with Crippen LogP contribution in [0.3, 0.4) is 0 Å². The Morgan fingerprint density at radius 1 is 1.58 bits per heavy atom. The van der Waals surface area contributed by atoms with Crippen LogP contribution in [0.1, 0.15) is 27.2 Å². The van der Waals surface area contributed by atoms with E-state index in [2.05, 4.69) is 6.92 Å². The summed E-state index contributed by atoms with van der Waals surface area (Å²) in [6, 6.07) is 0. The highest BCUT2D eigenvalue weighted by molar-refractivity contribution is 5.14. The second kappa shape index (κ2) is 3.15. The Labute approximate surface area is 72.7 Å². The monoisotopic (exact) mass is 174 g/mol. The van der Waals surface area contributed by atoms with Gasteiger partial charge in [-0.15, -0.1) is 0 Å². The van der Waals surface area contributed by atoms with E-state index in [-0.39, 0.29) is 11.2 Å². The number of alkyl halides is 1. The van der Waals surface area contributed by atoms with Gasteiger partial charge in [0.1, 0.15) is 12.5 Å². The van der Waals surface area contributed by atoms with Gasteiger partial charge in [0.2, 0.25) is 0 Å². The van der Waals surface area contributed by atoms with E-state index in [1.807, 2.05) is 13.8 Å². The lowest BCUT2D eigenvalue weighted by Gasteiger charge is -2.49. The molecule has 0 spiro atoms. The van der Waals surface area contributed by atoms with Crippen molar-refractivity contribution in [3.8, 4) is 0 Å². The van der Waals surface area contributed by atoms with Crippen LogP contribution in [0.25, 0.3) is 0 Å². The molecule has 0 saturated heterocycles. The molecule has 0 radical (unpaired) electrons. The van der Waals surface area contributed by atoms with Crippen molar-refractivity contribution >= 4 is 0 Å². The molecule has 0 aromatic carbocycles. The minimum atomic E-state index is -0.692. The molecular formula is C10H16F2. The summed E-state index contributed by atoms with van der Waals surface area (Å²) in [5.41, 5.74) is -0.383. The fourth-order valence-corrected chi connectivity index (χ4v) is 2.11. The van der Waals surface area contributed by atoms with Crippen LogP contribution in [0, 0.1) is 17.3 Å². The van der Waals surface area contributed by atoms with Crippen molar-refractivity contribution < 1.29 is 8.78 Å². The first-order valence-electron chi connectivity index (χ1n) is 4.44. The largest absolute Gasteiger partial charge is 0.246 e. The molecule has 0 aliphatic heterocycles. The molecule has 0 unspecified atom stereocenters. The van der Waals surface area contributed by atoms with E-state index in [1.165, 1.54) is 0 Å². The Hall–Kier alpha value is -0.400. The van der Waals surface area contributed by atoms with Gasteiger partial charge < -0.3 is 0 Å². The molecule has 0 heterocycles. The van der Waals surface area contributed by atoms with Gasteiger partial charge in [-0.1, -0.05) is 20.8 Å². The summed E-state index contributed by atoms with van der Waals surface area (Å²) in [6.45, 7) is 5.32. The van der Waals surface area contributed by atoms with Gasteiger partial charge in [0.15, 0.2) is 0 Å². The van der Waals surface area contributed by atoms with Crippen molar-refractivity contribution in [1.82, 2.24) is 0 Å². The average Bonchev–Trinajstić information content (AvgIpc) is 2.04. The quantitative estimate of drug-likeness (QED) is 0.601. The molecule has 70 valence electrons. The van der Waals surface area contributed by atoms with Gasteiger partial charge in [-0.05, 0) is 24.3 Å². The van der Waals surface area contributed by atoms with Crippen LogP contribution in [-0.2, 0) is 0 Å². The lowest BCUT2D eigenvalue weighted by Crippen LogP contribution is -2.43. The van der Waals surface area contributed by atoms with Crippen LogP contribution < -0.4 is 0 Å². The molecule has 0 nitrogen and oxygen atoms in total. The first-order chi connectivity index (χ1) is 5.52. The summed E-state index contributed by atoms with van der Waals surface area (Å²) in [4.78, 5) is 0. The minimum Gasteiger partial charge on any atom is -0.246 e. The Balaban J connectivity index is 2.69. The predicted octanol–water partition coefficient (Wildman–Crippen LogP) is 3.49. The lowest BCUT2D eigenvalue weighted by atomic mass is 9.55. The zero-order valence-corrected chi connectivity index (χ0v) is 7.90. The highest BCUT2D eigenvalue weighted by Gasteiger charge is 2.48. The molecule has 0 N–H and O–H groups in total. The standard InChI is InChI=1S/C10H16F2/c1-7-6-10(3,8(7)2)9(12)4-5-11/h4,7-8H,5-6H2,1-3H3/b9-4+/t7-,8-,10-/m1/s1. The average molecular weight is 174 g/mol. The number of hydrogen-bond donors (Lipinski definition) is 0. The smallest absolute Gasteiger partial charge is 0.110 e. The van der Waals surface area contributed by atoms with E-state index in [1.54, 1.807) is 0 Å². The summed E-state index contributed by atoms with van der Waals surface area (Å²) in [5.74, 6) is 0.629. The maximum atomic E-state index is 13.3. The highest BCUT2D eigenvalue weighted by atomic mass is 19.1. The van der Waals surface area contributed by atoms with Gasteiger partial charge in [0, 0.05) is 5.41 Å². The maximum absolute atomic E-state index is 13.3. The molecule has 1 aliphatic carbocycles. The number of allylic oxidation sites excluding steroid dienone is 2. The topological polar surface area (TPSA) is 0 Å². The van der Waals surface area contributed by atoms with Crippen LogP contribution >= 0.6 is 0 Å². The first kappa shape index (κ1) is 9.69. The van der Waals surface area contributed by atoms with Crippen molar-refractivity contribution in [3.05, 3.63) is 11.9 Å². The third kappa shape index (κ3) is 1.27. The molecule has 3 atom stereocenters. The Morgan fingerprint density at radius 3 is 2.50 bits per heavy atom. The fraction of sp³-hybridized carbons (Fsp3) is 0.800. The predicted molar refractivity (Wildman–Crippen MR) is 46.2 cm³/mol. The van der Waals surface area contributed by atoms with Gasteiger partial charge in [-0.3, -0.25) is 0 Å². The molecule has 0 amide bonds. The third-order valence-corrected chi connectivity index (χ3v) is 3.41. The van der Waals surface area contributed by atoms with Gasteiger partial charge in [0.05, 0.1) is 0 Å². The molecule has 2 heteroatoms. The minimum absolute atomic E-state index is 0.268. The van der Waals surface area contributed by atoms with Gasteiger partial charge in [0.25, 0.3) is 0 Å². The van der Waals surface area contributed by atoms with E-state index in [9.17, 15) is 8.78 Å². The van der Waals surface area contributed by atoms with Crippen molar-refractivity contribution in [2.24, 2.45) is 17.3 Å². The van der Waals surface area contributed by atoms with Crippen LogP contribution in [0.4, 0.5) is 8.78 Å². The van der Waals surface area contributed by atoms with Crippen LogP contribution in [0.2, 0.25) is 0 Å². The summed E-state index contributed by atoms with van der Waals surface area (Å²) in [6.07, 6.45) is 1.90. The van der Waals surface area contributed by atoms with Gasteiger partial charge in [-0.2, -0.15) is 0 Å². The second-order valence-corrected chi connectivity index (χ2v) is 4.09. The SMILES string of the molecule is C[C@@H]1C[C@@](C)(/C(F)=C\CF)[C@@H]1C. The normalized spacial score (nSPS) is 42.6. The van der Waals surface area contributed by atoms with Gasteiger partial charge in [-0.25, -0.2) is 8.78 Å². The maximum Gasteiger partial charge on any atom is 0.110 e. The van der Waals surface area contributed by atoms with E-state index >= 15 is 0 Å². The molecule has 1 rings (SSSR count). The number of hydrogen-bond acceptors (Lipinski definition) is 0. The molecule has 0 aromatic heterocycles. The van der Waals surface area contributed by atoms with Crippen molar-refractivity contribution in [2.75, 3.05) is 6.67 Å². The molecule has 1 saturated carbocycles. The molecule has 0 bridgehead atoms. The molecule has 1 fully saturated rings. The second-order valence-electron chi connectivity index (χ2n) is 4.09. The summed E-state index contributed by atoms with van der Waals surface area (Å²) < 4.78 is 25.1. The Kier molecular flexibility index (Phi) is 2.55. The molecule has 0 aromatic rings. The van der Waals surface area contributed by atoms with Crippen molar-refractivity contribution in [3.63, 3.8) is 0 Å². The summed E-state index contributed by atoms with van der Waals surface area (Å²) >= 11 is 0. The van der Waals surface area contributed by atoms with E-state index in [0.29, 0.717) is 11.8 Å². The van der Waals surface area contributed by atoms with E-state index < -0.39 is 6.67 Å². The number of rotatable bonds is 2. The zero-order chi connectivity index (χ0) is 9.35. The summed E-state index contributed by atoms with van der Waals surface area (Å²) in [7, 11) is 0. The molecule has 1 aliphatic rings. The van der Waals surface area contributed by atoms with Crippen LogP contribution in [-0.4, -0.2) is 6.67 Å². The molecule has 12 heavy (non-hydrogen) atoms. The lowest BCUT2D eigenvalue weighted by molar-refractivity contribution is 0.0117. The number of halogens is 2. The summed E-state index contributed by atoms with van der Waals surface area (Å²) in [5, 5.41) is 0. The zero-order valence-electron chi connectivity index (χ0n) is 7.90. The van der Waals surface area contributed by atoms with Gasteiger partial charge >= 0.3 is 0 Å².